The van der Waals surface area contributed by atoms with Gasteiger partial charge in [0.05, 0.1) is 5.56 Å². The fourth-order valence-corrected chi connectivity index (χ4v) is 3.97. The fourth-order valence-electron chi connectivity index (χ4n) is 3.79. The maximum atomic E-state index is 11.0. The lowest BCUT2D eigenvalue weighted by molar-refractivity contribution is 0.0697. The highest BCUT2D eigenvalue weighted by molar-refractivity contribution is 6.30. The highest BCUT2D eigenvalue weighted by atomic mass is 35.5. The molecule has 0 bridgehead atoms. The quantitative estimate of drug-likeness (QED) is 0.431. The maximum Gasteiger partial charge on any atom is 0.335 e. The number of fused-ring (bicyclic) bond motifs is 1. The highest BCUT2D eigenvalue weighted by Crippen LogP contribution is 2.32. The lowest BCUT2D eigenvalue weighted by Crippen LogP contribution is -2.39. The molecule has 172 valence electrons. The summed E-state index contributed by atoms with van der Waals surface area (Å²) >= 11 is 5.93. The van der Waals surface area contributed by atoms with Gasteiger partial charge in [-0.15, -0.1) is 0 Å². The second kappa shape index (κ2) is 10.7. The molecule has 0 aromatic heterocycles. The summed E-state index contributed by atoms with van der Waals surface area (Å²) in [6.07, 6.45) is 1.15. The molecule has 0 saturated carbocycles. The maximum absolute atomic E-state index is 11.0. The van der Waals surface area contributed by atoms with Crippen LogP contribution in [-0.2, 0) is 6.42 Å². The molecule has 0 unspecified atom stereocenters. The van der Waals surface area contributed by atoms with Crippen LogP contribution in [0.5, 0.6) is 11.5 Å². The molecule has 7 heteroatoms. The normalized spacial score (nSPS) is 15.9. The molecule has 3 N–H and O–H groups in total. The van der Waals surface area contributed by atoms with E-state index in [9.17, 15) is 9.90 Å². The Morgan fingerprint density at radius 3 is 2.67 bits per heavy atom. The Morgan fingerprint density at radius 2 is 1.91 bits per heavy atom. The van der Waals surface area contributed by atoms with E-state index in [2.05, 4.69) is 11.4 Å². The molecule has 33 heavy (non-hydrogen) atoms. The number of nitrogens with one attached hydrogen (secondary N) is 1. The standard InChI is InChI=1S/C26H26ClNO5/c27-21-2-1-3-23(13-21)32-16-22(29)14-28-15-24-10-8-20-12-19(9-11-25(20)33-24)17-4-6-18(7-5-17)26(30)31/h1-7,9,11-13,22,24,28-29H,8,10,14-16H2,(H,30,31)/t22-,24+/m0/s1. The first-order valence-electron chi connectivity index (χ1n) is 10.9. The molecule has 4 rings (SSSR count). The van der Waals surface area contributed by atoms with Gasteiger partial charge in [0.15, 0.2) is 0 Å². The molecule has 1 aliphatic rings. The number of hydrogen-bond acceptors (Lipinski definition) is 5. The van der Waals surface area contributed by atoms with Gasteiger partial charge < -0.3 is 25.0 Å². The van der Waals surface area contributed by atoms with Gasteiger partial charge >= 0.3 is 5.97 Å². The Hall–Kier alpha value is -3.06. The molecule has 0 aliphatic carbocycles. The number of aliphatic hydroxyl groups is 1. The Morgan fingerprint density at radius 1 is 1.12 bits per heavy atom. The van der Waals surface area contributed by atoms with Gasteiger partial charge in [-0.1, -0.05) is 35.9 Å². The number of rotatable bonds is 9. The van der Waals surface area contributed by atoms with Crippen molar-refractivity contribution in [1.82, 2.24) is 5.32 Å². The summed E-state index contributed by atoms with van der Waals surface area (Å²) in [7, 11) is 0. The summed E-state index contributed by atoms with van der Waals surface area (Å²) in [4.78, 5) is 11.0. The lowest BCUT2D eigenvalue weighted by Gasteiger charge is -2.27. The van der Waals surface area contributed by atoms with Crippen molar-refractivity contribution >= 4 is 17.6 Å². The van der Waals surface area contributed by atoms with E-state index in [1.807, 2.05) is 24.3 Å². The Labute approximate surface area is 197 Å². The third-order valence-corrected chi connectivity index (χ3v) is 5.78. The van der Waals surface area contributed by atoms with Crippen molar-refractivity contribution in [3.05, 3.63) is 82.9 Å². The van der Waals surface area contributed by atoms with Crippen molar-refractivity contribution in [2.24, 2.45) is 0 Å². The van der Waals surface area contributed by atoms with Crippen molar-refractivity contribution in [3.8, 4) is 22.6 Å². The summed E-state index contributed by atoms with van der Waals surface area (Å²) in [6.45, 7) is 1.21. The first-order chi connectivity index (χ1) is 16.0. The Bertz CT molecular complexity index is 1100. The van der Waals surface area contributed by atoms with Gasteiger partial charge in [-0.25, -0.2) is 4.79 Å². The average Bonchev–Trinajstić information content (AvgIpc) is 2.82. The number of aromatic carboxylic acids is 1. The van der Waals surface area contributed by atoms with E-state index in [-0.39, 0.29) is 18.3 Å². The summed E-state index contributed by atoms with van der Waals surface area (Å²) in [5.74, 6) is 0.566. The van der Waals surface area contributed by atoms with E-state index in [1.54, 1.807) is 36.4 Å². The van der Waals surface area contributed by atoms with Crippen molar-refractivity contribution in [3.63, 3.8) is 0 Å². The van der Waals surface area contributed by atoms with E-state index >= 15 is 0 Å². The van der Waals surface area contributed by atoms with Gasteiger partial charge in [0.25, 0.3) is 0 Å². The molecule has 0 saturated heterocycles. The third kappa shape index (κ3) is 6.26. The first-order valence-corrected chi connectivity index (χ1v) is 11.3. The molecule has 3 aromatic rings. The van der Waals surface area contributed by atoms with Crippen LogP contribution in [0.15, 0.2) is 66.7 Å². The molecule has 2 atom stereocenters. The number of aliphatic hydroxyl groups excluding tert-OH is 1. The van der Waals surface area contributed by atoms with Crippen LogP contribution >= 0.6 is 11.6 Å². The molecule has 0 radical (unpaired) electrons. The number of carbonyl (C=O) groups is 1. The lowest BCUT2D eigenvalue weighted by atomic mass is 9.96. The largest absolute Gasteiger partial charge is 0.491 e. The molecule has 0 spiro atoms. The van der Waals surface area contributed by atoms with Crippen LogP contribution in [0.25, 0.3) is 11.1 Å². The number of benzene rings is 3. The van der Waals surface area contributed by atoms with Gasteiger partial charge in [0, 0.05) is 18.1 Å². The molecule has 1 heterocycles. The molecule has 0 amide bonds. The minimum atomic E-state index is -0.929. The first kappa shape index (κ1) is 23.1. The number of halogens is 1. The highest BCUT2D eigenvalue weighted by Gasteiger charge is 2.20. The number of ether oxygens (including phenoxy) is 2. The van der Waals surface area contributed by atoms with E-state index < -0.39 is 12.1 Å². The minimum Gasteiger partial charge on any atom is -0.491 e. The molecule has 3 aromatic carbocycles. The SMILES string of the molecule is O=C(O)c1ccc(-c2ccc3c(c2)CC[C@H](CNC[C@H](O)COc2cccc(Cl)c2)O3)cc1. The van der Waals surface area contributed by atoms with Gasteiger partial charge in [0.1, 0.15) is 30.3 Å². The van der Waals surface area contributed by atoms with Gasteiger partial charge in [-0.2, -0.15) is 0 Å². The summed E-state index contributed by atoms with van der Waals surface area (Å²) in [6, 6.07) is 20.0. The van der Waals surface area contributed by atoms with E-state index in [4.69, 9.17) is 26.2 Å². The average molecular weight is 468 g/mol. The topological polar surface area (TPSA) is 88.0 Å². The smallest absolute Gasteiger partial charge is 0.335 e. The van der Waals surface area contributed by atoms with Crippen LogP contribution in [0.4, 0.5) is 0 Å². The van der Waals surface area contributed by atoms with Crippen molar-refractivity contribution < 1.29 is 24.5 Å². The van der Waals surface area contributed by atoms with Crippen LogP contribution in [0.1, 0.15) is 22.3 Å². The van der Waals surface area contributed by atoms with Crippen molar-refractivity contribution in [2.45, 2.75) is 25.0 Å². The van der Waals surface area contributed by atoms with Crippen LogP contribution in [0.2, 0.25) is 5.02 Å². The second-order valence-electron chi connectivity index (χ2n) is 8.06. The number of carboxylic acids is 1. The minimum absolute atomic E-state index is 0.0271. The van der Waals surface area contributed by atoms with Gasteiger partial charge in [-0.05, 0) is 72.0 Å². The van der Waals surface area contributed by atoms with Crippen LogP contribution < -0.4 is 14.8 Å². The molecule has 6 nitrogen and oxygen atoms in total. The second-order valence-corrected chi connectivity index (χ2v) is 8.50. The summed E-state index contributed by atoms with van der Waals surface area (Å²) < 4.78 is 11.7. The predicted molar refractivity (Wildman–Crippen MR) is 127 cm³/mol. The number of hydrogen-bond donors (Lipinski definition) is 3. The third-order valence-electron chi connectivity index (χ3n) is 5.55. The van der Waals surface area contributed by atoms with E-state index in [0.717, 1.165) is 35.3 Å². The van der Waals surface area contributed by atoms with E-state index in [1.165, 1.54) is 0 Å². The van der Waals surface area contributed by atoms with Crippen LogP contribution in [0, 0.1) is 0 Å². The fraction of sp³-hybridized carbons (Fsp3) is 0.269. The van der Waals surface area contributed by atoms with Gasteiger partial charge in [-0.3, -0.25) is 0 Å². The zero-order valence-corrected chi connectivity index (χ0v) is 18.8. The van der Waals surface area contributed by atoms with Crippen molar-refractivity contribution in [2.75, 3.05) is 19.7 Å². The number of carboxylic acid groups (broad SMARTS) is 1. The predicted octanol–water partition coefficient (Wildman–Crippen LogP) is 4.43. The van der Waals surface area contributed by atoms with Gasteiger partial charge in [0.2, 0.25) is 0 Å². The van der Waals surface area contributed by atoms with Crippen molar-refractivity contribution in [1.29, 1.82) is 0 Å². The monoisotopic (exact) mass is 467 g/mol. The Kier molecular flexibility index (Phi) is 7.50. The molecule has 0 fully saturated rings. The Balaban J connectivity index is 1.24. The molecule has 1 aliphatic heterocycles. The summed E-state index contributed by atoms with van der Waals surface area (Å²) in [5.41, 5.74) is 3.42. The molecular formula is C26H26ClNO5. The summed E-state index contributed by atoms with van der Waals surface area (Å²) in [5, 5.41) is 23.1. The van der Waals surface area contributed by atoms with Crippen LogP contribution in [0.3, 0.4) is 0 Å². The number of aryl methyl sites for hydroxylation is 1. The zero-order chi connectivity index (χ0) is 23.2. The molecular weight excluding hydrogens is 442 g/mol. The zero-order valence-electron chi connectivity index (χ0n) is 18.0. The van der Waals surface area contributed by atoms with Crippen LogP contribution in [-0.4, -0.2) is 48.1 Å². The van der Waals surface area contributed by atoms with E-state index in [0.29, 0.717) is 23.9 Å².